The summed E-state index contributed by atoms with van der Waals surface area (Å²) in [4.78, 5) is 26.2. The van der Waals surface area contributed by atoms with Crippen molar-refractivity contribution in [3.63, 3.8) is 0 Å². The summed E-state index contributed by atoms with van der Waals surface area (Å²) in [6.07, 6.45) is 4.13. The zero-order valence-corrected chi connectivity index (χ0v) is 11.9. The maximum atomic E-state index is 12.7. The Labute approximate surface area is 118 Å². The summed E-state index contributed by atoms with van der Waals surface area (Å²) in [7, 11) is 0. The molecule has 2 aliphatic rings. The fourth-order valence-electron chi connectivity index (χ4n) is 3.38. The third kappa shape index (κ3) is 2.21. The van der Waals surface area contributed by atoms with Crippen LogP contribution in [0, 0.1) is 13.8 Å². The van der Waals surface area contributed by atoms with Gasteiger partial charge in [0.1, 0.15) is 12.3 Å². The second kappa shape index (κ2) is 4.96. The highest BCUT2D eigenvalue weighted by atomic mass is 16.4. The van der Waals surface area contributed by atoms with E-state index in [0.29, 0.717) is 5.76 Å². The minimum Gasteiger partial charge on any atom is -0.456 e. The van der Waals surface area contributed by atoms with Gasteiger partial charge in [0.2, 0.25) is 5.91 Å². The van der Waals surface area contributed by atoms with Gasteiger partial charge in [-0.15, -0.1) is 0 Å². The van der Waals surface area contributed by atoms with Crippen LogP contribution in [-0.2, 0) is 4.79 Å². The molecule has 1 saturated heterocycles. The van der Waals surface area contributed by atoms with Gasteiger partial charge in [0, 0.05) is 11.6 Å². The highest BCUT2D eigenvalue weighted by Gasteiger charge is 2.40. The fourth-order valence-corrected chi connectivity index (χ4v) is 3.38. The van der Waals surface area contributed by atoms with Gasteiger partial charge in [-0.2, -0.15) is 0 Å². The Bertz CT molecular complexity index is 549. The Morgan fingerprint density at radius 1 is 1.35 bits per heavy atom. The number of piperazine rings is 1. The second-order valence-electron chi connectivity index (χ2n) is 5.83. The van der Waals surface area contributed by atoms with Crippen LogP contribution in [0.2, 0.25) is 0 Å². The molecule has 2 atom stereocenters. The van der Waals surface area contributed by atoms with Gasteiger partial charge in [-0.1, -0.05) is 12.8 Å². The van der Waals surface area contributed by atoms with Gasteiger partial charge in [-0.05, 0) is 32.8 Å². The molecular weight excluding hydrogens is 256 g/mol. The molecule has 3 rings (SSSR count). The van der Waals surface area contributed by atoms with Crippen LogP contribution in [0.4, 0.5) is 0 Å². The predicted octanol–water partition coefficient (Wildman–Crippen LogP) is 1.78. The number of amides is 2. The Kier molecular flexibility index (Phi) is 3.28. The van der Waals surface area contributed by atoms with E-state index in [1.165, 1.54) is 0 Å². The smallest absolute Gasteiger partial charge is 0.290 e. The normalized spacial score (nSPS) is 26.1. The first kappa shape index (κ1) is 13.2. The molecular formula is C15H20N2O3. The molecule has 0 radical (unpaired) electrons. The summed E-state index contributed by atoms with van der Waals surface area (Å²) in [5, 5.41) is 3.01. The van der Waals surface area contributed by atoms with Crippen LogP contribution in [0.5, 0.6) is 0 Å². The lowest BCUT2D eigenvalue weighted by atomic mass is 9.87. The molecule has 1 aliphatic carbocycles. The molecule has 2 heterocycles. The highest BCUT2D eigenvalue weighted by Crippen LogP contribution is 2.28. The standard InChI is InChI=1S/C15H20N2O3/c1-9-7-10(2)20-14(9)15(19)17-8-13(18)16-11-5-3-4-6-12(11)17/h7,11-12H,3-6,8H2,1-2H3,(H,16,18)/t11-,12+/m1/s1. The topological polar surface area (TPSA) is 62.6 Å². The number of fused-ring (bicyclic) bond motifs is 1. The lowest BCUT2D eigenvalue weighted by molar-refractivity contribution is -0.127. The molecule has 108 valence electrons. The van der Waals surface area contributed by atoms with E-state index in [1.807, 2.05) is 19.9 Å². The van der Waals surface area contributed by atoms with Gasteiger partial charge in [-0.25, -0.2) is 0 Å². The van der Waals surface area contributed by atoms with Crippen molar-refractivity contribution in [3.05, 3.63) is 23.2 Å². The second-order valence-corrected chi connectivity index (χ2v) is 5.83. The van der Waals surface area contributed by atoms with E-state index in [2.05, 4.69) is 5.32 Å². The first-order valence-electron chi connectivity index (χ1n) is 7.23. The number of hydrogen-bond donors (Lipinski definition) is 1. The van der Waals surface area contributed by atoms with Crippen molar-refractivity contribution in [3.8, 4) is 0 Å². The lowest BCUT2D eigenvalue weighted by Gasteiger charge is -2.43. The van der Waals surface area contributed by atoms with E-state index in [9.17, 15) is 9.59 Å². The Hall–Kier alpha value is -1.78. The number of nitrogens with zero attached hydrogens (tertiary/aromatic N) is 1. The molecule has 1 aromatic rings. The molecule has 1 aliphatic heterocycles. The number of nitrogens with one attached hydrogen (secondary N) is 1. The van der Waals surface area contributed by atoms with Crippen molar-refractivity contribution in [1.82, 2.24) is 10.2 Å². The Balaban J connectivity index is 1.88. The van der Waals surface area contributed by atoms with E-state index >= 15 is 0 Å². The molecule has 0 aromatic carbocycles. The van der Waals surface area contributed by atoms with Crippen molar-refractivity contribution >= 4 is 11.8 Å². The third-order valence-corrected chi connectivity index (χ3v) is 4.29. The zero-order valence-electron chi connectivity index (χ0n) is 11.9. The average molecular weight is 276 g/mol. The largest absolute Gasteiger partial charge is 0.456 e. The van der Waals surface area contributed by atoms with E-state index in [-0.39, 0.29) is 30.4 Å². The van der Waals surface area contributed by atoms with E-state index < -0.39 is 0 Å². The van der Waals surface area contributed by atoms with Crippen LogP contribution in [0.1, 0.15) is 47.6 Å². The van der Waals surface area contributed by atoms with Crippen molar-refractivity contribution < 1.29 is 14.0 Å². The van der Waals surface area contributed by atoms with E-state index in [4.69, 9.17) is 4.42 Å². The predicted molar refractivity (Wildman–Crippen MR) is 73.4 cm³/mol. The van der Waals surface area contributed by atoms with Crippen LogP contribution >= 0.6 is 0 Å². The van der Waals surface area contributed by atoms with Crippen molar-refractivity contribution in [2.24, 2.45) is 0 Å². The summed E-state index contributed by atoms with van der Waals surface area (Å²) in [5.41, 5.74) is 0.839. The monoisotopic (exact) mass is 276 g/mol. The van der Waals surface area contributed by atoms with Crippen LogP contribution in [-0.4, -0.2) is 35.3 Å². The van der Waals surface area contributed by atoms with Gasteiger partial charge >= 0.3 is 0 Å². The molecule has 1 saturated carbocycles. The number of hydrogen-bond acceptors (Lipinski definition) is 3. The van der Waals surface area contributed by atoms with Crippen molar-refractivity contribution in [2.75, 3.05) is 6.54 Å². The maximum absolute atomic E-state index is 12.7. The van der Waals surface area contributed by atoms with E-state index in [0.717, 1.165) is 37.0 Å². The Morgan fingerprint density at radius 3 is 2.80 bits per heavy atom. The first-order chi connectivity index (χ1) is 9.56. The molecule has 20 heavy (non-hydrogen) atoms. The van der Waals surface area contributed by atoms with Gasteiger partial charge in [-0.3, -0.25) is 9.59 Å². The van der Waals surface area contributed by atoms with Crippen LogP contribution in [0.15, 0.2) is 10.5 Å². The molecule has 2 fully saturated rings. The summed E-state index contributed by atoms with van der Waals surface area (Å²) >= 11 is 0. The van der Waals surface area contributed by atoms with Crippen LogP contribution < -0.4 is 5.32 Å². The van der Waals surface area contributed by atoms with Gasteiger partial charge in [0.05, 0.1) is 6.04 Å². The zero-order chi connectivity index (χ0) is 14.3. The Morgan fingerprint density at radius 2 is 2.10 bits per heavy atom. The minimum absolute atomic E-state index is 0.0672. The number of carbonyl (C=O) groups is 2. The number of carbonyl (C=O) groups excluding carboxylic acids is 2. The molecule has 5 heteroatoms. The molecule has 0 spiro atoms. The van der Waals surface area contributed by atoms with Gasteiger partial charge in [0.15, 0.2) is 5.76 Å². The van der Waals surface area contributed by atoms with Gasteiger partial charge in [0.25, 0.3) is 5.91 Å². The summed E-state index contributed by atoms with van der Waals surface area (Å²) in [5.74, 6) is 0.888. The molecule has 1 aromatic heterocycles. The quantitative estimate of drug-likeness (QED) is 0.850. The SMILES string of the molecule is Cc1cc(C)c(C(=O)N2CC(=O)N[C@@H]3CCCC[C@@H]32)o1. The van der Waals surface area contributed by atoms with Crippen LogP contribution in [0.3, 0.4) is 0 Å². The highest BCUT2D eigenvalue weighted by molar-refractivity contribution is 5.96. The molecule has 0 bridgehead atoms. The third-order valence-electron chi connectivity index (χ3n) is 4.29. The summed E-state index contributed by atoms with van der Waals surface area (Å²) in [6, 6.07) is 2.07. The summed E-state index contributed by atoms with van der Waals surface area (Å²) < 4.78 is 5.52. The first-order valence-corrected chi connectivity index (χ1v) is 7.23. The number of furan rings is 1. The lowest BCUT2D eigenvalue weighted by Crippen LogP contribution is -2.62. The molecule has 5 nitrogen and oxygen atoms in total. The van der Waals surface area contributed by atoms with Crippen molar-refractivity contribution in [2.45, 2.75) is 51.6 Å². The van der Waals surface area contributed by atoms with E-state index in [1.54, 1.807) is 4.90 Å². The summed E-state index contributed by atoms with van der Waals surface area (Å²) in [6.45, 7) is 3.83. The number of rotatable bonds is 1. The maximum Gasteiger partial charge on any atom is 0.290 e. The average Bonchev–Trinajstić information content (AvgIpc) is 2.76. The van der Waals surface area contributed by atoms with Crippen LogP contribution in [0.25, 0.3) is 0 Å². The fraction of sp³-hybridized carbons (Fsp3) is 0.600. The number of aryl methyl sites for hydroxylation is 2. The molecule has 0 unspecified atom stereocenters. The molecule has 1 N–H and O–H groups in total. The van der Waals surface area contributed by atoms with Gasteiger partial charge < -0.3 is 14.6 Å². The minimum atomic E-state index is -0.151. The molecule has 2 amide bonds. The van der Waals surface area contributed by atoms with Crippen molar-refractivity contribution in [1.29, 1.82) is 0 Å².